The van der Waals surface area contributed by atoms with Crippen molar-refractivity contribution in [1.82, 2.24) is 20.3 Å². The Morgan fingerprint density at radius 2 is 2.00 bits per heavy atom. The third kappa shape index (κ3) is 5.50. The standard InChI is InChI=1S/C22H22F2N4O3/c1-3-17(15-8-4-5-9-18(15)31-22(23)24)27-19(29)11-16-13(2)26-20(28-21(16)30)14-7-6-10-25-12-14/h4-10,12,17,22H,3,11H2,1-2H3,(H,27,29)(H,26,28,30). The normalized spacial score (nSPS) is 11.9. The molecular weight excluding hydrogens is 406 g/mol. The smallest absolute Gasteiger partial charge is 0.387 e. The van der Waals surface area contributed by atoms with E-state index in [9.17, 15) is 18.4 Å². The van der Waals surface area contributed by atoms with Gasteiger partial charge in [0.25, 0.3) is 5.56 Å². The molecule has 2 heterocycles. The van der Waals surface area contributed by atoms with Gasteiger partial charge in [0, 0.05) is 34.8 Å². The lowest BCUT2D eigenvalue weighted by Gasteiger charge is -2.20. The van der Waals surface area contributed by atoms with Gasteiger partial charge in [0.05, 0.1) is 12.5 Å². The Morgan fingerprint density at radius 1 is 1.23 bits per heavy atom. The summed E-state index contributed by atoms with van der Waals surface area (Å²) in [5, 5.41) is 2.79. The Hall–Kier alpha value is -3.62. The van der Waals surface area contributed by atoms with E-state index in [4.69, 9.17) is 0 Å². The van der Waals surface area contributed by atoms with E-state index in [1.54, 1.807) is 49.6 Å². The zero-order chi connectivity index (χ0) is 22.4. The van der Waals surface area contributed by atoms with E-state index < -0.39 is 24.1 Å². The fourth-order valence-corrected chi connectivity index (χ4v) is 3.24. The maximum Gasteiger partial charge on any atom is 0.387 e. The Bertz CT molecular complexity index is 1100. The molecule has 3 rings (SSSR count). The number of nitrogens with one attached hydrogen (secondary N) is 2. The molecule has 0 bridgehead atoms. The highest BCUT2D eigenvalue weighted by atomic mass is 19.3. The van der Waals surface area contributed by atoms with E-state index in [1.807, 2.05) is 6.92 Å². The van der Waals surface area contributed by atoms with Crippen LogP contribution in [0.25, 0.3) is 11.4 Å². The highest BCUT2D eigenvalue weighted by Crippen LogP contribution is 2.28. The molecule has 2 aromatic heterocycles. The highest BCUT2D eigenvalue weighted by molar-refractivity contribution is 5.79. The summed E-state index contributed by atoms with van der Waals surface area (Å²) >= 11 is 0. The Balaban J connectivity index is 1.78. The molecule has 9 heteroatoms. The molecule has 0 spiro atoms. The molecule has 3 aromatic rings. The number of halogens is 2. The molecular formula is C22H22F2N4O3. The quantitative estimate of drug-likeness (QED) is 0.572. The number of alkyl halides is 2. The van der Waals surface area contributed by atoms with E-state index in [1.165, 1.54) is 6.07 Å². The molecule has 0 radical (unpaired) electrons. The number of amides is 1. The van der Waals surface area contributed by atoms with Gasteiger partial charge in [-0.15, -0.1) is 0 Å². The molecule has 0 aliphatic heterocycles. The van der Waals surface area contributed by atoms with Crippen molar-refractivity contribution in [3.05, 3.63) is 76.0 Å². The molecule has 0 saturated carbocycles. The number of benzene rings is 1. The molecule has 162 valence electrons. The predicted octanol–water partition coefficient (Wildman–Crippen LogP) is 3.55. The van der Waals surface area contributed by atoms with Crippen molar-refractivity contribution in [2.24, 2.45) is 0 Å². The van der Waals surface area contributed by atoms with Crippen molar-refractivity contribution in [3.8, 4) is 17.1 Å². The van der Waals surface area contributed by atoms with Gasteiger partial charge in [-0.3, -0.25) is 14.6 Å². The number of rotatable bonds is 8. The van der Waals surface area contributed by atoms with Crippen LogP contribution in [0.2, 0.25) is 0 Å². The summed E-state index contributed by atoms with van der Waals surface area (Å²) in [5.74, 6) is -0.0614. The van der Waals surface area contributed by atoms with Crippen LogP contribution < -0.4 is 15.6 Å². The number of H-pyrrole nitrogens is 1. The van der Waals surface area contributed by atoms with Crippen molar-refractivity contribution < 1.29 is 18.3 Å². The summed E-state index contributed by atoms with van der Waals surface area (Å²) in [6.07, 6.45) is 3.44. The minimum atomic E-state index is -2.97. The van der Waals surface area contributed by atoms with Crippen LogP contribution in [0.15, 0.2) is 53.6 Å². The van der Waals surface area contributed by atoms with Gasteiger partial charge in [-0.2, -0.15) is 8.78 Å². The van der Waals surface area contributed by atoms with E-state index >= 15 is 0 Å². The van der Waals surface area contributed by atoms with Gasteiger partial charge in [-0.25, -0.2) is 4.98 Å². The second-order valence-corrected chi connectivity index (χ2v) is 6.84. The monoisotopic (exact) mass is 428 g/mol. The van der Waals surface area contributed by atoms with E-state index in [2.05, 4.69) is 25.0 Å². The SMILES string of the molecule is CCC(NC(=O)Cc1c(C)nc(-c2cccnc2)[nH]c1=O)c1ccccc1OC(F)F. The zero-order valence-electron chi connectivity index (χ0n) is 17.1. The summed E-state index contributed by atoms with van der Waals surface area (Å²) in [4.78, 5) is 36.3. The molecule has 0 aliphatic rings. The topological polar surface area (TPSA) is 97.0 Å². The first-order chi connectivity index (χ1) is 14.9. The summed E-state index contributed by atoms with van der Waals surface area (Å²) in [5.41, 5.74) is 1.33. The van der Waals surface area contributed by atoms with E-state index in [0.29, 0.717) is 29.1 Å². The predicted molar refractivity (Wildman–Crippen MR) is 111 cm³/mol. The molecule has 0 fully saturated rings. The number of aromatic amines is 1. The van der Waals surface area contributed by atoms with Gasteiger partial charge >= 0.3 is 6.61 Å². The average Bonchev–Trinajstić information content (AvgIpc) is 2.75. The molecule has 2 N–H and O–H groups in total. The first kappa shape index (κ1) is 22.1. The van der Waals surface area contributed by atoms with Crippen molar-refractivity contribution in [2.75, 3.05) is 0 Å². The first-order valence-electron chi connectivity index (χ1n) is 9.72. The number of carbonyl (C=O) groups excluding carboxylic acids is 1. The zero-order valence-corrected chi connectivity index (χ0v) is 17.1. The summed E-state index contributed by atoms with van der Waals surface area (Å²) in [6, 6.07) is 9.24. The van der Waals surface area contributed by atoms with Gasteiger partial charge < -0.3 is 15.0 Å². The van der Waals surface area contributed by atoms with Crippen LogP contribution in [-0.4, -0.2) is 27.5 Å². The largest absolute Gasteiger partial charge is 0.434 e. The van der Waals surface area contributed by atoms with Crippen LogP contribution in [0.5, 0.6) is 5.75 Å². The average molecular weight is 428 g/mol. The van der Waals surface area contributed by atoms with Gasteiger partial charge in [0.15, 0.2) is 0 Å². The number of nitrogens with zero attached hydrogens (tertiary/aromatic N) is 2. The number of carbonyl (C=O) groups is 1. The van der Waals surface area contributed by atoms with Gasteiger partial charge in [-0.05, 0) is 31.5 Å². The summed E-state index contributed by atoms with van der Waals surface area (Å²) < 4.78 is 30.0. The van der Waals surface area contributed by atoms with E-state index in [-0.39, 0.29) is 17.7 Å². The number of pyridine rings is 1. The third-order valence-corrected chi connectivity index (χ3v) is 4.75. The molecule has 1 atom stereocenters. The van der Waals surface area contributed by atoms with E-state index in [0.717, 1.165) is 0 Å². The Kier molecular flexibility index (Phi) is 7.07. The number of hydrogen-bond acceptors (Lipinski definition) is 5. The lowest BCUT2D eigenvalue weighted by molar-refractivity contribution is -0.121. The minimum Gasteiger partial charge on any atom is -0.434 e. The molecule has 1 unspecified atom stereocenters. The Labute approximate surface area is 177 Å². The van der Waals surface area contributed by atoms with Crippen molar-refractivity contribution in [2.45, 2.75) is 39.3 Å². The molecule has 7 nitrogen and oxygen atoms in total. The molecule has 31 heavy (non-hydrogen) atoms. The number of ether oxygens (including phenoxy) is 1. The third-order valence-electron chi connectivity index (χ3n) is 4.75. The first-order valence-corrected chi connectivity index (χ1v) is 9.72. The fraction of sp³-hybridized carbons (Fsp3) is 0.273. The minimum absolute atomic E-state index is 0.00108. The van der Waals surface area contributed by atoms with Crippen molar-refractivity contribution in [3.63, 3.8) is 0 Å². The van der Waals surface area contributed by atoms with Crippen LogP contribution in [0.4, 0.5) is 8.78 Å². The maximum absolute atomic E-state index is 12.7. The van der Waals surface area contributed by atoms with Crippen LogP contribution in [-0.2, 0) is 11.2 Å². The molecule has 1 amide bonds. The van der Waals surface area contributed by atoms with Gasteiger partial charge in [-0.1, -0.05) is 25.1 Å². The van der Waals surface area contributed by atoms with Crippen LogP contribution in [0.3, 0.4) is 0 Å². The van der Waals surface area contributed by atoms with Crippen LogP contribution in [0.1, 0.15) is 36.2 Å². The highest BCUT2D eigenvalue weighted by Gasteiger charge is 2.20. The lowest BCUT2D eigenvalue weighted by Crippen LogP contribution is -2.32. The summed E-state index contributed by atoms with van der Waals surface area (Å²) in [6.45, 7) is 0.493. The number of para-hydroxylation sites is 1. The van der Waals surface area contributed by atoms with Gasteiger partial charge in [0.1, 0.15) is 11.6 Å². The van der Waals surface area contributed by atoms with Crippen molar-refractivity contribution in [1.29, 1.82) is 0 Å². The van der Waals surface area contributed by atoms with Gasteiger partial charge in [0.2, 0.25) is 5.91 Å². The lowest BCUT2D eigenvalue weighted by atomic mass is 10.0. The summed E-state index contributed by atoms with van der Waals surface area (Å²) in [7, 11) is 0. The molecule has 0 saturated heterocycles. The van der Waals surface area contributed by atoms with Crippen LogP contribution >= 0.6 is 0 Å². The maximum atomic E-state index is 12.7. The number of aryl methyl sites for hydroxylation is 1. The second-order valence-electron chi connectivity index (χ2n) is 6.84. The number of hydrogen-bond donors (Lipinski definition) is 2. The number of aromatic nitrogens is 3. The molecule has 1 aromatic carbocycles. The second kappa shape index (κ2) is 9.92. The molecule has 0 aliphatic carbocycles. The Morgan fingerprint density at radius 3 is 2.65 bits per heavy atom. The van der Waals surface area contributed by atoms with Crippen molar-refractivity contribution >= 4 is 5.91 Å². The fourth-order valence-electron chi connectivity index (χ4n) is 3.24. The van der Waals surface area contributed by atoms with Crippen LogP contribution in [0, 0.1) is 6.92 Å².